The number of rotatable bonds is 7. The van der Waals surface area contributed by atoms with Crippen LogP contribution in [0.15, 0.2) is 47.7 Å². The number of guanidine groups is 1. The Hall–Kier alpha value is -2.96. The Labute approximate surface area is 173 Å². The van der Waals surface area contributed by atoms with Crippen molar-refractivity contribution < 1.29 is 9.53 Å². The van der Waals surface area contributed by atoms with Gasteiger partial charge in [-0.05, 0) is 63.4 Å². The number of hydrogen-bond donors (Lipinski definition) is 3. The first-order valence-electron chi connectivity index (χ1n) is 9.97. The molecule has 0 fully saturated rings. The molecule has 29 heavy (non-hydrogen) atoms. The summed E-state index contributed by atoms with van der Waals surface area (Å²) in [6.07, 6.45) is 4.49. The maximum atomic E-state index is 11.8. The minimum atomic E-state index is -0.512. The minimum Gasteiger partial charge on any atom is -0.444 e. The summed E-state index contributed by atoms with van der Waals surface area (Å²) in [5.41, 5.74) is 2.56. The quantitative estimate of drug-likeness (QED) is 0.490. The maximum Gasteiger partial charge on any atom is 0.412 e. The summed E-state index contributed by atoms with van der Waals surface area (Å²) in [6.45, 7) is 9.79. The molecule has 0 atom stereocenters. The van der Waals surface area contributed by atoms with Crippen molar-refractivity contribution in [3.05, 3.63) is 53.9 Å². The number of carbonyl (C=O) groups excluding carboxylic acids is 1. The van der Waals surface area contributed by atoms with E-state index in [2.05, 4.69) is 40.1 Å². The lowest BCUT2D eigenvalue weighted by Crippen LogP contribution is -2.38. The highest BCUT2D eigenvalue weighted by Crippen LogP contribution is 2.13. The summed E-state index contributed by atoms with van der Waals surface area (Å²) >= 11 is 0. The molecule has 2 aromatic rings. The van der Waals surface area contributed by atoms with Crippen LogP contribution in [0, 0.1) is 0 Å². The lowest BCUT2D eigenvalue weighted by atomic mass is 10.1. The Kier molecular flexibility index (Phi) is 8.12. The van der Waals surface area contributed by atoms with E-state index in [-0.39, 0.29) is 0 Å². The van der Waals surface area contributed by atoms with Gasteiger partial charge in [-0.3, -0.25) is 5.32 Å². The molecule has 0 bridgehead atoms. The van der Waals surface area contributed by atoms with Crippen LogP contribution >= 0.6 is 0 Å². The maximum absolute atomic E-state index is 11.8. The number of benzene rings is 1. The molecule has 0 aliphatic heterocycles. The lowest BCUT2D eigenvalue weighted by molar-refractivity contribution is 0.0636. The fourth-order valence-electron chi connectivity index (χ4n) is 2.67. The Morgan fingerprint density at radius 2 is 1.83 bits per heavy atom. The van der Waals surface area contributed by atoms with Crippen LogP contribution in [-0.4, -0.2) is 35.3 Å². The molecule has 1 heterocycles. The normalized spacial score (nSPS) is 11.8. The van der Waals surface area contributed by atoms with Gasteiger partial charge in [0.05, 0.1) is 6.54 Å². The van der Waals surface area contributed by atoms with Crippen LogP contribution in [0.3, 0.4) is 0 Å². The molecular weight excluding hydrogens is 366 g/mol. The molecule has 7 nitrogen and oxygen atoms in total. The molecular formula is C22H33N5O2. The van der Waals surface area contributed by atoms with Gasteiger partial charge >= 0.3 is 6.09 Å². The molecule has 7 heteroatoms. The summed E-state index contributed by atoms with van der Waals surface area (Å²) in [4.78, 5) is 16.4. The van der Waals surface area contributed by atoms with E-state index in [1.54, 1.807) is 0 Å². The first-order valence-corrected chi connectivity index (χ1v) is 9.97. The number of nitrogens with one attached hydrogen (secondary N) is 3. The Morgan fingerprint density at radius 3 is 2.41 bits per heavy atom. The van der Waals surface area contributed by atoms with Gasteiger partial charge in [0.25, 0.3) is 0 Å². The number of anilines is 1. The van der Waals surface area contributed by atoms with Crippen LogP contribution in [0.5, 0.6) is 0 Å². The third-order valence-corrected chi connectivity index (χ3v) is 3.96. The number of nitrogens with zero attached hydrogens (tertiary/aromatic N) is 2. The van der Waals surface area contributed by atoms with E-state index in [1.165, 1.54) is 11.1 Å². The van der Waals surface area contributed by atoms with E-state index < -0.39 is 11.7 Å². The molecule has 2 rings (SSSR count). The molecule has 1 aromatic heterocycles. The van der Waals surface area contributed by atoms with Gasteiger partial charge in [0.2, 0.25) is 0 Å². The molecule has 1 aromatic carbocycles. The van der Waals surface area contributed by atoms with E-state index in [0.717, 1.165) is 25.5 Å². The summed E-state index contributed by atoms with van der Waals surface area (Å²) < 4.78 is 7.28. The molecule has 1 amide bonds. The highest BCUT2D eigenvalue weighted by Gasteiger charge is 2.16. The standard InChI is InChI=1S/C22H33N5O2/c1-6-23-20(25-15-18-12-14-27(5)16-18)24-13-11-17-7-9-19(10-8-17)26-21(28)29-22(2,3)4/h7-10,12,14,16H,6,11,13,15H2,1-5H3,(H,26,28)(H2,23,24,25). The van der Waals surface area contributed by atoms with Crippen LogP contribution < -0.4 is 16.0 Å². The highest BCUT2D eigenvalue weighted by molar-refractivity contribution is 5.84. The van der Waals surface area contributed by atoms with Gasteiger partial charge in [0.1, 0.15) is 5.60 Å². The molecule has 0 radical (unpaired) electrons. The number of hydrogen-bond acceptors (Lipinski definition) is 3. The molecule has 3 N–H and O–H groups in total. The largest absolute Gasteiger partial charge is 0.444 e. The van der Waals surface area contributed by atoms with Crippen LogP contribution in [0.25, 0.3) is 0 Å². The highest BCUT2D eigenvalue weighted by atomic mass is 16.6. The Bertz CT molecular complexity index is 803. The summed E-state index contributed by atoms with van der Waals surface area (Å²) in [6, 6.07) is 9.84. The van der Waals surface area contributed by atoms with E-state index in [4.69, 9.17) is 4.74 Å². The molecule has 0 aliphatic carbocycles. The van der Waals surface area contributed by atoms with Crippen molar-refractivity contribution in [2.75, 3.05) is 18.4 Å². The van der Waals surface area contributed by atoms with Gasteiger partial charge in [-0.15, -0.1) is 0 Å². The smallest absolute Gasteiger partial charge is 0.412 e. The first-order chi connectivity index (χ1) is 13.7. The zero-order valence-electron chi connectivity index (χ0n) is 18.1. The Morgan fingerprint density at radius 1 is 1.10 bits per heavy atom. The number of aliphatic imine (C=N–C) groups is 1. The predicted octanol–water partition coefficient (Wildman–Crippen LogP) is 3.67. The molecule has 158 valence electrons. The van der Waals surface area contributed by atoms with Crippen molar-refractivity contribution in [1.29, 1.82) is 0 Å². The van der Waals surface area contributed by atoms with Crippen LogP contribution in [-0.2, 0) is 24.8 Å². The van der Waals surface area contributed by atoms with Crippen molar-refractivity contribution in [2.45, 2.75) is 46.3 Å². The van der Waals surface area contributed by atoms with E-state index in [9.17, 15) is 4.79 Å². The van der Waals surface area contributed by atoms with Gasteiger partial charge in [0.15, 0.2) is 5.96 Å². The second-order valence-corrected chi connectivity index (χ2v) is 7.88. The number of aromatic nitrogens is 1. The predicted molar refractivity (Wildman–Crippen MR) is 118 cm³/mol. The van der Waals surface area contributed by atoms with Crippen molar-refractivity contribution >= 4 is 17.7 Å². The second-order valence-electron chi connectivity index (χ2n) is 7.88. The SMILES string of the molecule is CCNC(=NCc1ccn(C)c1)NCCc1ccc(NC(=O)OC(C)(C)C)cc1. The summed E-state index contributed by atoms with van der Waals surface area (Å²) in [5, 5.41) is 9.37. The first kappa shape index (κ1) is 22.3. The minimum absolute atomic E-state index is 0.447. The van der Waals surface area contributed by atoms with Crippen LogP contribution in [0.4, 0.5) is 10.5 Å². The topological polar surface area (TPSA) is 79.7 Å². The second kappa shape index (κ2) is 10.5. The number of aryl methyl sites for hydroxylation is 1. The molecule has 0 spiro atoms. The van der Waals surface area contributed by atoms with Crippen molar-refractivity contribution in [3.63, 3.8) is 0 Å². The summed E-state index contributed by atoms with van der Waals surface area (Å²) in [5.74, 6) is 0.805. The lowest BCUT2D eigenvalue weighted by Gasteiger charge is -2.19. The monoisotopic (exact) mass is 399 g/mol. The molecule has 0 unspecified atom stereocenters. The van der Waals surface area contributed by atoms with E-state index in [0.29, 0.717) is 12.2 Å². The van der Waals surface area contributed by atoms with Crippen LogP contribution in [0.1, 0.15) is 38.8 Å². The van der Waals surface area contributed by atoms with Gasteiger partial charge in [-0.1, -0.05) is 12.1 Å². The van der Waals surface area contributed by atoms with Crippen molar-refractivity contribution in [3.8, 4) is 0 Å². The zero-order valence-corrected chi connectivity index (χ0v) is 18.1. The van der Waals surface area contributed by atoms with Gasteiger partial charge in [-0.25, -0.2) is 9.79 Å². The van der Waals surface area contributed by atoms with Gasteiger partial charge in [0, 0.05) is 38.2 Å². The van der Waals surface area contributed by atoms with E-state index >= 15 is 0 Å². The molecule has 0 saturated carbocycles. The third kappa shape index (κ3) is 8.72. The van der Waals surface area contributed by atoms with Gasteiger partial charge < -0.3 is 19.9 Å². The van der Waals surface area contributed by atoms with Crippen LogP contribution in [0.2, 0.25) is 0 Å². The fraction of sp³-hybridized carbons (Fsp3) is 0.455. The Balaban J connectivity index is 1.81. The third-order valence-electron chi connectivity index (χ3n) is 3.96. The number of ether oxygens (including phenoxy) is 1. The van der Waals surface area contributed by atoms with E-state index in [1.807, 2.05) is 62.8 Å². The zero-order chi connectivity index (χ0) is 21.3. The average Bonchev–Trinajstić information content (AvgIpc) is 3.05. The fourth-order valence-corrected chi connectivity index (χ4v) is 2.67. The number of carbonyl (C=O) groups is 1. The molecule has 0 saturated heterocycles. The molecule has 0 aliphatic rings. The van der Waals surface area contributed by atoms with Crippen molar-refractivity contribution in [2.24, 2.45) is 12.0 Å². The van der Waals surface area contributed by atoms with Gasteiger partial charge in [-0.2, -0.15) is 0 Å². The number of amides is 1. The van der Waals surface area contributed by atoms with Crippen molar-refractivity contribution in [1.82, 2.24) is 15.2 Å². The average molecular weight is 400 g/mol. The summed E-state index contributed by atoms with van der Waals surface area (Å²) in [7, 11) is 2.00.